The average Bonchev–Trinajstić information content (AvgIpc) is 3.18. The number of rotatable bonds is 20. The van der Waals surface area contributed by atoms with Gasteiger partial charge >= 0.3 is 0 Å². The summed E-state index contributed by atoms with van der Waals surface area (Å²) in [6, 6.07) is 11.1. The first-order valence-corrected chi connectivity index (χ1v) is 16.7. The Kier molecular flexibility index (Phi) is 14.7. The lowest BCUT2D eigenvalue weighted by atomic mass is 9.61. The summed E-state index contributed by atoms with van der Waals surface area (Å²) in [5, 5.41) is 0. The lowest BCUT2D eigenvalue weighted by molar-refractivity contribution is -0.140. The van der Waals surface area contributed by atoms with Crippen molar-refractivity contribution in [3.05, 3.63) is 48.6 Å². The Morgan fingerprint density at radius 3 is 2.00 bits per heavy atom. The number of hydrogen-bond acceptors (Lipinski definition) is 2. The van der Waals surface area contributed by atoms with Gasteiger partial charge in [0.2, 0.25) is 11.8 Å². The van der Waals surface area contributed by atoms with E-state index in [1.165, 1.54) is 18.4 Å². The van der Waals surface area contributed by atoms with Crippen LogP contribution in [0.25, 0.3) is 0 Å². The highest BCUT2D eigenvalue weighted by atomic mass is 16.2. The molecule has 0 N–H and O–H groups in total. The first-order chi connectivity index (χ1) is 19.2. The number of unbranched alkanes of at least 4 members (excludes halogenated alkanes) is 3. The van der Waals surface area contributed by atoms with Crippen LogP contribution in [0.2, 0.25) is 0 Å². The molecule has 0 aliphatic carbocycles. The predicted molar refractivity (Wildman–Crippen MR) is 171 cm³/mol. The van der Waals surface area contributed by atoms with Gasteiger partial charge in [0, 0.05) is 6.54 Å². The molecule has 1 saturated heterocycles. The van der Waals surface area contributed by atoms with Crippen molar-refractivity contribution in [2.24, 2.45) is 35.0 Å². The molecule has 1 aliphatic heterocycles. The molecule has 226 valence electrons. The molecular weight excluding hydrogens is 490 g/mol. The molecule has 3 heteroatoms. The molecule has 2 amide bonds. The number of carbonyl (C=O) groups excluding carboxylic acids is 2. The van der Waals surface area contributed by atoms with Gasteiger partial charge in [-0.2, -0.15) is 0 Å². The van der Waals surface area contributed by atoms with Crippen LogP contribution >= 0.6 is 0 Å². The third kappa shape index (κ3) is 9.05. The maximum atomic E-state index is 14.3. The van der Waals surface area contributed by atoms with Crippen LogP contribution in [0.5, 0.6) is 0 Å². The average molecular weight is 552 g/mol. The number of likely N-dealkylation sites (tertiary alicyclic amines) is 1. The first kappa shape index (κ1) is 34.3. The fraction of sp³-hybridized carbons (Fsp3) is 0.730. The summed E-state index contributed by atoms with van der Waals surface area (Å²) in [4.78, 5) is 29.8. The van der Waals surface area contributed by atoms with E-state index >= 15 is 0 Å². The molecule has 2 rings (SSSR count). The molecule has 40 heavy (non-hydrogen) atoms. The second-order valence-electron chi connectivity index (χ2n) is 13.5. The monoisotopic (exact) mass is 551 g/mol. The summed E-state index contributed by atoms with van der Waals surface area (Å²) in [6.07, 6.45) is 15.1. The zero-order valence-corrected chi connectivity index (χ0v) is 27.1. The highest BCUT2D eigenvalue weighted by molar-refractivity contribution is 6.05. The lowest BCUT2D eigenvalue weighted by Gasteiger charge is -2.42. The van der Waals surface area contributed by atoms with Crippen LogP contribution in [0.15, 0.2) is 43.0 Å². The van der Waals surface area contributed by atoms with Crippen molar-refractivity contribution >= 4 is 11.8 Å². The third-order valence-corrected chi connectivity index (χ3v) is 9.66. The predicted octanol–water partition coefficient (Wildman–Crippen LogP) is 10.2. The quantitative estimate of drug-likeness (QED) is 0.119. The molecule has 0 saturated carbocycles. The molecule has 0 bridgehead atoms. The minimum absolute atomic E-state index is 0.0526. The number of imide groups is 1. The van der Waals surface area contributed by atoms with E-state index in [1.54, 1.807) is 11.0 Å². The van der Waals surface area contributed by atoms with E-state index in [1.807, 2.05) is 0 Å². The van der Waals surface area contributed by atoms with Crippen molar-refractivity contribution in [3.63, 3.8) is 0 Å². The van der Waals surface area contributed by atoms with E-state index in [0.717, 1.165) is 64.2 Å². The summed E-state index contributed by atoms with van der Waals surface area (Å²) in [5.74, 6) is 0.833. The Labute approximate surface area is 247 Å². The van der Waals surface area contributed by atoms with Crippen LogP contribution in [-0.4, -0.2) is 23.3 Å². The summed E-state index contributed by atoms with van der Waals surface area (Å²) < 4.78 is 0. The molecule has 1 aromatic rings. The molecule has 1 aromatic carbocycles. The van der Waals surface area contributed by atoms with Crippen LogP contribution in [-0.2, 0) is 9.59 Å². The number of nitrogens with zero attached hydrogens (tertiary/aromatic N) is 1. The third-order valence-electron chi connectivity index (χ3n) is 9.66. The fourth-order valence-corrected chi connectivity index (χ4v) is 7.68. The van der Waals surface area contributed by atoms with E-state index in [0.29, 0.717) is 18.4 Å². The fourth-order valence-electron chi connectivity index (χ4n) is 7.68. The van der Waals surface area contributed by atoms with E-state index in [4.69, 9.17) is 0 Å². The summed E-state index contributed by atoms with van der Waals surface area (Å²) >= 11 is 0. The van der Waals surface area contributed by atoms with E-state index in [2.05, 4.69) is 85.4 Å². The molecule has 6 atom stereocenters. The number of hydrogen-bond donors (Lipinski definition) is 0. The Balaban J connectivity index is 2.70. The highest BCUT2D eigenvalue weighted by Crippen LogP contribution is 2.51. The summed E-state index contributed by atoms with van der Waals surface area (Å²) in [5.41, 5.74) is 1.62. The number of benzene rings is 1. The Morgan fingerprint density at radius 2 is 1.43 bits per heavy atom. The Morgan fingerprint density at radius 1 is 0.850 bits per heavy atom. The van der Waals surface area contributed by atoms with Gasteiger partial charge < -0.3 is 0 Å². The second kappa shape index (κ2) is 17.1. The van der Waals surface area contributed by atoms with Gasteiger partial charge in [0.05, 0.1) is 11.8 Å². The Bertz CT molecular complexity index is 891. The highest BCUT2D eigenvalue weighted by Gasteiger charge is 2.54. The van der Waals surface area contributed by atoms with E-state index < -0.39 is 0 Å². The summed E-state index contributed by atoms with van der Waals surface area (Å²) in [7, 11) is 0. The minimum Gasteiger partial charge on any atom is -0.278 e. The molecule has 1 aliphatic rings. The maximum Gasteiger partial charge on any atom is 0.233 e. The lowest BCUT2D eigenvalue weighted by Crippen LogP contribution is -2.38. The van der Waals surface area contributed by atoms with Crippen LogP contribution in [0.3, 0.4) is 0 Å². The normalized spacial score (nSPS) is 20.9. The van der Waals surface area contributed by atoms with Crippen molar-refractivity contribution in [1.29, 1.82) is 0 Å². The summed E-state index contributed by atoms with van der Waals surface area (Å²) in [6.45, 7) is 20.3. The first-order valence-electron chi connectivity index (χ1n) is 16.7. The zero-order chi connectivity index (χ0) is 29.7. The van der Waals surface area contributed by atoms with Crippen LogP contribution < -0.4 is 0 Å². The zero-order valence-electron chi connectivity index (χ0n) is 27.1. The van der Waals surface area contributed by atoms with Crippen molar-refractivity contribution in [1.82, 2.24) is 4.90 Å². The largest absolute Gasteiger partial charge is 0.278 e. The van der Waals surface area contributed by atoms with Crippen LogP contribution in [0, 0.1) is 35.0 Å². The minimum atomic E-state index is -0.229. The van der Waals surface area contributed by atoms with Crippen molar-refractivity contribution in [2.45, 2.75) is 131 Å². The van der Waals surface area contributed by atoms with Crippen molar-refractivity contribution in [2.75, 3.05) is 6.54 Å². The molecule has 1 heterocycles. The van der Waals surface area contributed by atoms with Gasteiger partial charge in [-0.15, -0.1) is 6.58 Å². The van der Waals surface area contributed by atoms with Gasteiger partial charge in [-0.1, -0.05) is 130 Å². The van der Waals surface area contributed by atoms with Crippen LogP contribution in [0.1, 0.15) is 137 Å². The van der Waals surface area contributed by atoms with Crippen molar-refractivity contribution < 1.29 is 9.59 Å². The standard InChI is InChI=1S/C37H61NO2/c1-9-14-20-28(6)33-34(36(40)38(26-13-5)35(33)39)31(24-16-11-3)30(23-15-10-2)32(27-37(7,8)25-12-4)29-21-18-17-19-22-29/h13,17-19,21-22,28,30-34H,5,9-12,14-16,20,23-27H2,1-4,6-8H3. The number of carbonyl (C=O) groups is 2. The molecule has 6 unspecified atom stereocenters. The molecule has 0 radical (unpaired) electrons. The van der Waals surface area contributed by atoms with Gasteiger partial charge in [-0.25, -0.2) is 0 Å². The molecule has 0 aromatic heterocycles. The SMILES string of the molecule is C=CCN1C(=O)C(C(C)CCCC)C(C(CCCC)C(CCCC)C(CC(C)(C)CCC)c2ccccc2)C1=O. The van der Waals surface area contributed by atoms with E-state index in [-0.39, 0.29) is 40.9 Å². The molecule has 0 spiro atoms. The van der Waals surface area contributed by atoms with Gasteiger partial charge in [-0.3, -0.25) is 14.5 Å². The van der Waals surface area contributed by atoms with Gasteiger partial charge in [0.25, 0.3) is 0 Å². The second-order valence-corrected chi connectivity index (χ2v) is 13.5. The smallest absolute Gasteiger partial charge is 0.233 e. The molecule has 1 fully saturated rings. The van der Waals surface area contributed by atoms with Crippen molar-refractivity contribution in [3.8, 4) is 0 Å². The Hall–Kier alpha value is -1.90. The molecule has 3 nitrogen and oxygen atoms in total. The van der Waals surface area contributed by atoms with Gasteiger partial charge in [0.1, 0.15) is 0 Å². The van der Waals surface area contributed by atoms with E-state index in [9.17, 15) is 9.59 Å². The maximum absolute atomic E-state index is 14.3. The van der Waals surface area contributed by atoms with Gasteiger partial charge in [-0.05, 0) is 66.8 Å². The van der Waals surface area contributed by atoms with Gasteiger partial charge in [0.15, 0.2) is 0 Å². The number of amides is 2. The topological polar surface area (TPSA) is 37.4 Å². The molecular formula is C37H61NO2. The van der Waals surface area contributed by atoms with Crippen LogP contribution in [0.4, 0.5) is 0 Å².